The second-order valence-corrected chi connectivity index (χ2v) is 6.64. The van der Waals surface area contributed by atoms with E-state index in [2.05, 4.69) is 19.2 Å². The molecule has 1 N–H and O–H groups in total. The van der Waals surface area contributed by atoms with Crippen molar-refractivity contribution in [1.82, 2.24) is 10.2 Å². The zero-order chi connectivity index (χ0) is 16.7. The molecule has 126 valence electrons. The summed E-state index contributed by atoms with van der Waals surface area (Å²) in [4.78, 5) is 26.1. The van der Waals surface area contributed by atoms with Gasteiger partial charge in [0.25, 0.3) is 0 Å². The normalized spacial score (nSPS) is 17.0. The van der Waals surface area contributed by atoms with Gasteiger partial charge in [-0.15, -0.1) is 0 Å². The van der Waals surface area contributed by atoms with Crippen molar-refractivity contribution in [2.45, 2.75) is 52.0 Å². The molecule has 23 heavy (non-hydrogen) atoms. The highest BCUT2D eigenvalue weighted by Gasteiger charge is 2.20. The van der Waals surface area contributed by atoms with Gasteiger partial charge in [-0.05, 0) is 24.3 Å². The van der Waals surface area contributed by atoms with Gasteiger partial charge in [-0.25, -0.2) is 0 Å². The highest BCUT2D eigenvalue weighted by molar-refractivity contribution is 5.79. The van der Waals surface area contributed by atoms with Crippen LogP contribution in [0.25, 0.3) is 0 Å². The van der Waals surface area contributed by atoms with Gasteiger partial charge in [-0.2, -0.15) is 0 Å². The van der Waals surface area contributed by atoms with Crippen LogP contribution >= 0.6 is 0 Å². The van der Waals surface area contributed by atoms with E-state index in [-0.39, 0.29) is 17.9 Å². The van der Waals surface area contributed by atoms with E-state index in [9.17, 15) is 9.59 Å². The van der Waals surface area contributed by atoms with Gasteiger partial charge >= 0.3 is 0 Å². The van der Waals surface area contributed by atoms with Crippen molar-refractivity contribution in [2.24, 2.45) is 5.92 Å². The summed E-state index contributed by atoms with van der Waals surface area (Å²) in [6.07, 6.45) is 4.14. The second-order valence-electron chi connectivity index (χ2n) is 6.64. The highest BCUT2D eigenvalue weighted by Crippen LogP contribution is 2.21. The molecule has 0 unspecified atom stereocenters. The Morgan fingerprint density at radius 2 is 1.91 bits per heavy atom. The zero-order valence-electron chi connectivity index (χ0n) is 14.3. The molecule has 0 spiro atoms. The van der Waals surface area contributed by atoms with Crippen LogP contribution in [0.5, 0.6) is 0 Å². The van der Waals surface area contributed by atoms with Crippen molar-refractivity contribution in [3.05, 3.63) is 35.9 Å². The number of hydrogen-bond acceptors (Lipinski definition) is 2. The Hall–Kier alpha value is -1.84. The quantitative estimate of drug-likeness (QED) is 0.875. The van der Waals surface area contributed by atoms with Crippen molar-refractivity contribution in [3.63, 3.8) is 0 Å². The van der Waals surface area contributed by atoms with Crippen molar-refractivity contribution in [3.8, 4) is 0 Å². The van der Waals surface area contributed by atoms with Crippen molar-refractivity contribution in [1.29, 1.82) is 0 Å². The first-order valence-electron chi connectivity index (χ1n) is 8.70. The van der Waals surface area contributed by atoms with Crippen LogP contribution in [0.15, 0.2) is 30.3 Å². The highest BCUT2D eigenvalue weighted by atomic mass is 16.2. The minimum absolute atomic E-state index is 0.0172. The summed E-state index contributed by atoms with van der Waals surface area (Å²) >= 11 is 0. The number of carbonyl (C=O) groups is 2. The molecule has 1 aromatic carbocycles. The van der Waals surface area contributed by atoms with Crippen LogP contribution in [-0.2, 0) is 9.59 Å². The van der Waals surface area contributed by atoms with Crippen LogP contribution < -0.4 is 5.32 Å². The summed E-state index contributed by atoms with van der Waals surface area (Å²) in [5.74, 6) is 0.532. The van der Waals surface area contributed by atoms with E-state index in [0.29, 0.717) is 25.3 Å². The lowest BCUT2D eigenvalue weighted by Crippen LogP contribution is -2.37. The van der Waals surface area contributed by atoms with E-state index in [0.717, 1.165) is 31.4 Å². The Labute approximate surface area is 139 Å². The van der Waals surface area contributed by atoms with Crippen LogP contribution in [0.4, 0.5) is 0 Å². The Bertz CT molecular complexity index is 513. The first-order valence-corrected chi connectivity index (χ1v) is 8.70. The minimum atomic E-state index is 0.0172. The van der Waals surface area contributed by atoms with Crippen LogP contribution in [0.1, 0.15) is 57.6 Å². The van der Waals surface area contributed by atoms with Crippen molar-refractivity contribution >= 4 is 11.8 Å². The minimum Gasteiger partial charge on any atom is -0.349 e. The number of nitrogens with one attached hydrogen (secondary N) is 1. The number of hydrogen-bond donors (Lipinski definition) is 1. The van der Waals surface area contributed by atoms with Gasteiger partial charge in [0.05, 0.1) is 6.04 Å². The van der Waals surface area contributed by atoms with E-state index in [1.807, 2.05) is 35.2 Å². The summed E-state index contributed by atoms with van der Waals surface area (Å²) < 4.78 is 0. The van der Waals surface area contributed by atoms with Crippen molar-refractivity contribution < 1.29 is 9.59 Å². The third-order valence-corrected chi connectivity index (χ3v) is 4.42. The molecule has 1 aliphatic rings. The van der Waals surface area contributed by atoms with Gasteiger partial charge in [0.2, 0.25) is 11.8 Å². The van der Waals surface area contributed by atoms with Crippen LogP contribution in [0.3, 0.4) is 0 Å². The predicted octanol–water partition coefficient (Wildman–Crippen LogP) is 3.29. The molecule has 1 fully saturated rings. The van der Waals surface area contributed by atoms with E-state index in [1.165, 1.54) is 0 Å². The van der Waals surface area contributed by atoms with E-state index in [4.69, 9.17) is 0 Å². The molecule has 2 rings (SSSR count). The summed E-state index contributed by atoms with van der Waals surface area (Å²) in [6.45, 7) is 5.54. The predicted molar refractivity (Wildman–Crippen MR) is 91.8 cm³/mol. The van der Waals surface area contributed by atoms with Crippen LogP contribution in [-0.4, -0.2) is 29.8 Å². The summed E-state index contributed by atoms with van der Waals surface area (Å²) in [7, 11) is 0. The standard InChI is InChI=1S/C19H28N2O2/c1-15(2)19(16-9-5-3-6-10-16)20-17(22)12-14-21-13-8-4-7-11-18(21)23/h3,5-6,9-10,15,19H,4,7-8,11-14H2,1-2H3,(H,20,22)/t19-/m1/s1. The van der Waals surface area contributed by atoms with E-state index in [1.54, 1.807) is 0 Å². The fraction of sp³-hybridized carbons (Fsp3) is 0.579. The maximum absolute atomic E-state index is 12.3. The zero-order valence-corrected chi connectivity index (χ0v) is 14.3. The lowest BCUT2D eigenvalue weighted by atomic mass is 9.96. The van der Waals surface area contributed by atoms with Gasteiger partial charge in [-0.3, -0.25) is 9.59 Å². The summed E-state index contributed by atoms with van der Waals surface area (Å²) in [5, 5.41) is 3.13. The maximum Gasteiger partial charge on any atom is 0.222 e. The number of benzene rings is 1. The number of carbonyl (C=O) groups excluding carboxylic acids is 2. The molecule has 1 saturated heterocycles. The first-order chi connectivity index (χ1) is 11.1. The average molecular weight is 316 g/mol. The lowest BCUT2D eigenvalue weighted by Gasteiger charge is -2.24. The molecule has 0 radical (unpaired) electrons. The summed E-state index contributed by atoms with van der Waals surface area (Å²) in [6, 6.07) is 10.1. The molecule has 0 saturated carbocycles. The van der Waals surface area contributed by atoms with Crippen LogP contribution in [0.2, 0.25) is 0 Å². The average Bonchev–Trinajstić information content (AvgIpc) is 2.75. The Morgan fingerprint density at radius 1 is 1.17 bits per heavy atom. The number of nitrogens with zero attached hydrogens (tertiary/aromatic N) is 1. The SMILES string of the molecule is CC(C)[C@@H](NC(=O)CCN1CCCCCC1=O)c1ccccc1. The van der Waals surface area contributed by atoms with Gasteiger partial charge in [0, 0.05) is 25.9 Å². The molecule has 0 aliphatic carbocycles. The number of likely N-dealkylation sites (tertiary alicyclic amines) is 1. The maximum atomic E-state index is 12.3. The van der Waals surface area contributed by atoms with E-state index >= 15 is 0 Å². The largest absolute Gasteiger partial charge is 0.349 e. The lowest BCUT2D eigenvalue weighted by molar-refractivity contribution is -0.131. The Balaban J connectivity index is 1.88. The first kappa shape index (κ1) is 17.5. The van der Waals surface area contributed by atoms with Gasteiger partial charge in [0.15, 0.2) is 0 Å². The molecule has 0 bridgehead atoms. The molecule has 1 aliphatic heterocycles. The molecule has 1 atom stereocenters. The fourth-order valence-electron chi connectivity index (χ4n) is 3.05. The van der Waals surface area contributed by atoms with Crippen LogP contribution in [0, 0.1) is 5.92 Å². The third-order valence-electron chi connectivity index (χ3n) is 4.42. The molecule has 1 heterocycles. The molecule has 4 heteroatoms. The number of amides is 2. The monoisotopic (exact) mass is 316 g/mol. The topological polar surface area (TPSA) is 49.4 Å². The summed E-state index contributed by atoms with van der Waals surface area (Å²) in [5.41, 5.74) is 1.13. The van der Waals surface area contributed by atoms with Gasteiger partial charge in [-0.1, -0.05) is 50.6 Å². The molecular weight excluding hydrogens is 288 g/mol. The number of rotatable bonds is 6. The Kier molecular flexibility index (Phi) is 6.63. The van der Waals surface area contributed by atoms with E-state index < -0.39 is 0 Å². The second kappa shape index (κ2) is 8.70. The Morgan fingerprint density at radius 3 is 2.61 bits per heavy atom. The molecule has 4 nitrogen and oxygen atoms in total. The van der Waals surface area contributed by atoms with Crippen molar-refractivity contribution in [2.75, 3.05) is 13.1 Å². The molecular formula is C19H28N2O2. The molecule has 1 aromatic rings. The third kappa shape index (κ3) is 5.38. The van der Waals surface area contributed by atoms with Gasteiger partial charge in [0.1, 0.15) is 0 Å². The molecule has 0 aromatic heterocycles. The fourth-order valence-corrected chi connectivity index (χ4v) is 3.05. The van der Waals surface area contributed by atoms with Gasteiger partial charge < -0.3 is 10.2 Å². The smallest absolute Gasteiger partial charge is 0.222 e. The molecule has 2 amide bonds.